The van der Waals surface area contributed by atoms with Crippen molar-refractivity contribution in [3.8, 4) is 11.5 Å². The highest BCUT2D eigenvalue weighted by molar-refractivity contribution is 5.98. The van der Waals surface area contributed by atoms with Gasteiger partial charge in [-0.2, -0.15) is 0 Å². The molecule has 1 aromatic rings. The molecule has 2 amide bonds. The van der Waals surface area contributed by atoms with E-state index in [0.717, 1.165) is 0 Å². The molecule has 1 aliphatic heterocycles. The molecule has 1 aromatic carbocycles. The number of nitrogens with two attached hydrogens (primary N) is 1. The maximum absolute atomic E-state index is 13.0. The number of benzene rings is 1. The number of para-hydroxylation sites is 1. The number of carbonyl (C=O) groups is 2. The number of hydrogen-bond donors (Lipinski definition) is 2. The van der Waals surface area contributed by atoms with E-state index in [1.807, 2.05) is 0 Å². The van der Waals surface area contributed by atoms with Crippen LogP contribution in [0.2, 0.25) is 0 Å². The fourth-order valence-electron chi connectivity index (χ4n) is 2.88. The molecule has 1 heterocycles. The average Bonchev–Trinajstić information content (AvgIpc) is 2.83. The monoisotopic (exact) mass is 365 g/mol. The van der Waals surface area contributed by atoms with E-state index in [-0.39, 0.29) is 24.9 Å². The minimum absolute atomic E-state index is 0.120. The zero-order valence-electron chi connectivity index (χ0n) is 15.3. The van der Waals surface area contributed by atoms with Crippen molar-refractivity contribution in [3.05, 3.63) is 23.8 Å². The van der Waals surface area contributed by atoms with Gasteiger partial charge in [0, 0.05) is 33.1 Å². The van der Waals surface area contributed by atoms with Gasteiger partial charge in [0.1, 0.15) is 0 Å². The molecule has 1 aliphatic rings. The first-order valence-electron chi connectivity index (χ1n) is 8.70. The van der Waals surface area contributed by atoms with Gasteiger partial charge in [-0.1, -0.05) is 6.07 Å². The van der Waals surface area contributed by atoms with Gasteiger partial charge in [-0.25, -0.2) is 0 Å². The molecule has 1 saturated heterocycles. The maximum atomic E-state index is 13.0. The highest BCUT2D eigenvalue weighted by Gasteiger charge is 2.28. The number of nitrogens with zero attached hydrogens (tertiary/aromatic N) is 2. The van der Waals surface area contributed by atoms with Crippen LogP contribution in [0.4, 0.5) is 0 Å². The summed E-state index contributed by atoms with van der Waals surface area (Å²) in [6.45, 7) is 3.41. The van der Waals surface area contributed by atoms with Crippen LogP contribution in [0.5, 0.6) is 11.5 Å². The van der Waals surface area contributed by atoms with Crippen molar-refractivity contribution in [2.75, 3.05) is 46.4 Å². The Kier molecular flexibility index (Phi) is 7.23. The summed E-state index contributed by atoms with van der Waals surface area (Å²) in [6.07, 6.45) is -0.139. The van der Waals surface area contributed by atoms with Gasteiger partial charge in [-0.05, 0) is 25.1 Å². The van der Waals surface area contributed by atoms with Gasteiger partial charge in [0.05, 0.1) is 25.4 Å². The molecular formula is C18H27N3O5. The molecule has 0 aliphatic carbocycles. The van der Waals surface area contributed by atoms with Crippen molar-refractivity contribution < 1.29 is 24.2 Å². The molecule has 0 unspecified atom stereocenters. The molecule has 0 spiro atoms. The Morgan fingerprint density at radius 3 is 2.62 bits per heavy atom. The predicted octanol–water partition coefficient (Wildman–Crippen LogP) is 0.0880. The van der Waals surface area contributed by atoms with Gasteiger partial charge in [-0.3, -0.25) is 9.59 Å². The van der Waals surface area contributed by atoms with Crippen LogP contribution in [0.25, 0.3) is 0 Å². The van der Waals surface area contributed by atoms with Gasteiger partial charge >= 0.3 is 0 Å². The van der Waals surface area contributed by atoms with Crippen LogP contribution in [0.1, 0.15) is 23.7 Å². The third kappa shape index (κ3) is 4.86. The van der Waals surface area contributed by atoms with E-state index >= 15 is 0 Å². The SMILES string of the molecule is COc1cccc(C(=O)N2CCN(C(C)=O)C[C@H](O)C2)c1OCCCN. The zero-order valence-corrected chi connectivity index (χ0v) is 15.3. The molecule has 144 valence electrons. The molecule has 0 radical (unpaired) electrons. The number of methoxy groups -OCH3 is 1. The van der Waals surface area contributed by atoms with E-state index in [4.69, 9.17) is 15.2 Å². The van der Waals surface area contributed by atoms with Crippen LogP contribution in [0, 0.1) is 0 Å². The number of aliphatic hydroxyl groups excluding tert-OH is 1. The standard InChI is InChI=1S/C18H27N3O5/c1-13(22)20-8-9-21(12-14(23)11-20)18(24)15-5-3-6-16(25-2)17(15)26-10-4-7-19/h3,5-6,14,23H,4,7-12,19H2,1-2H3/t14-/m0/s1. The van der Waals surface area contributed by atoms with Gasteiger partial charge in [0.2, 0.25) is 5.91 Å². The molecule has 0 aromatic heterocycles. The smallest absolute Gasteiger partial charge is 0.257 e. The minimum atomic E-state index is -0.794. The minimum Gasteiger partial charge on any atom is -0.493 e. The van der Waals surface area contributed by atoms with Crippen LogP contribution < -0.4 is 15.2 Å². The van der Waals surface area contributed by atoms with Crippen LogP contribution >= 0.6 is 0 Å². The van der Waals surface area contributed by atoms with Crippen LogP contribution in [-0.4, -0.2) is 79.3 Å². The number of carbonyl (C=O) groups excluding carboxylic acids is 2. The van der Waals surface area contributed by atoms with Crippen molar-refractivity contribution in [2.45, 2.75) is 19.4 Å². The Morgan fingerprint density at radius 2 is 1.96 bits per heavy atom. The Morgan fingerprint density at radius 1 is 1.27 bits per heavy atom. The molecule has 2 rings (SSSR count). The first-order valence-corrected chi connectivity index (χ1v) is 8.70. The van der Waals surface area contributed by atoms with Crippen LogP contribution in [0.3, 0.4) is 0 Å². The topological polar surface area (TPSA) is 105 Å². The molecule has 8 nitrogen and oxygen atoms in total. The van der Waals surface area contributed by atoms with E-state index in [0.29, 0.717) is 49.7 Å². The molecule has 0 saturated carbocycles. The van der Waals surface area contributed by atoms with Gasteiger partial charge in [0.15, 0.2) is 11.5 Å². The summed E-state index contributed by atoms with van der Waals surface area (Å²) < 4.78 is 11.1. The van der Waals surface area contributed by atoms with Crippen molar-refractivity contribution in [1.82, 2.24) is 9.80 Å². The Balaban J connectivity index is 2.23. The summed E-state index contributed by atoms with van der Waals surface area (Å²) in [5.41, 5.74) is 5.87. The van der Waals surface area contributed by atoms with E-state index < -0.39 is 6.10 Å². The van der Waals surface area contributed by atoms with Crippen LogP contribution in [0.15, 0.2) is 18.2 Å². The Bertz CT molecular complexity index is 637. The summed E-state index contributed by atoms with van der Waals surface area (Å²) in [6, 6.07) is 5.12. The average molecular weight is 365 g/mol. The lowest BCUT2D eigenvalue weighted by Crippen LogP contribution is -2.38. The molecule has 8 heteroatoms. The lowest BCUT2D eigenvalue weighted by Gasteiger charge is -2.23. The Labute approximate surface area is 153 Å². The van der Waals surface area contributed by atoms with Gasteiger partial charge in [-0.15, -0.1) is 0 Å². The molecule has 26 heavy (non-hydrogen) atoms. The number of aliphatic hydroxyl groups is 1. The second-order valence-corrected chi connectivity index (χ2v) is 6.20. The van der Waals surface area contributed by atoms with Crippen molar-refractivity contribution in [2.24, 2.45) is 5.73 Å². The Hall–Kier alpha value is -2.32. The van der Waals surface area contributed by atoms with Gasteiger partial charge in [0.25, 0.3) is 5.91 Å². The first-order chi connectivity index (χ1) is 12.5. The summed E-state index contributed by atoms with van der Waals surface area (Å²) in [7, 11) is 1.51. The number of hydrogen-bond acceptors (Lipinski definition) is 6. The number of amides is 2. The third-order valence-electron chi connectivity index (χ3n) is 4.26. The van der Waals surface area contributed by atoms with E-state index in [9.17, 15) is 14.7 Å². The number of β-amino-alcohol motifs (C(OH)–C–C–N with tert-alkyl or cyclic N) is 1. The van der Waals surface area contributed by atoms with Crippen molar-refractivity contribution in [3.63, 3.8) is 0 Å². The lowest BCUT2D eigenvalue weighted by atomic mass is 10.1. The summed E-state index contributed by atoms with van der Waals surface area (Å²) in [5.74, 6) is 0.450. The van der Waals surface area contributed by atoms with Gasteiger partial charge < -0.3 is 30.1 Å². The van der Waals surface area contributed by atoms with Crippen molar-refractivity contribution in [1.29, 1.82) is 0 Å². The molecule has 0 bridgehead atoms. The second kappa shape index (κ2) is 9.40. The van der Waals surface area contributed by atoms with Crippen molar-refractivity contribution >= 4 is 11.8 Å². The van der Waals surface area contributed by atoms with Crippen LogP contribution in [-0.2, 0) is 4.79 Å². The quantitative estimate of drug-likeness (QED) is 0.692. The summed E-state index contributed by atoms with van der Waals surface area (Å²) in [4.78, 5) is 27.7. The second-order valence-electron chi connectivity index (χ2n) is 6.20. The third-order valence-corrected chi connectivity index (χ3v) is 4.26. The lowest BCUT2D eigenvalue weighted by molar-refractivity contribution is -0.129. The summed E-state index contributed by atoms with van der Waals surface area (Å²) in [5, 5.41) is 10.2. The zero-order chi connectivity index (χ0) is 19.1. The molecule has 1 atom stereocenters. The predicted molar refractivity (Wildman–Crippen MR) is 96.3 cm³/mol. The number of ether oxygens (including phenoxy) is 2. The number of rotatable bonds is 6. The highest BCUT2D eigenvalue weighted by atomic mass is 16.5. The van der Waals surface area contributed by atoms with E-state index in [1.54, 1.807) is 23.1 Å². The molecule has 3 N–H and O–H groups in total. The highest BCUT2D eigenvalue weighted by Crippen LogP contribution is 2.32. The van der Waals surface area contributed by atoms with E-state index in [2.05, 4.69) is 0 Å². The fourth-order valence-corrected chi connectivity index (χ4v) is 2.88. The largest absolute Gasteiger partial charge is 0.493 e. The fraction of sp³-hybridized carbons (Fsp3) is 0.556. The first kappa shape index (κ1) is 20.0. The molecule has 1 fully saturated rings. The maximum Gasteiger partial charge on any atom is 0.257 e. The summed E-state index contributed by atoms with van der Waals surface area (Å²) >= 11 is 0. The van der Waals surface area contributed by atoms with E-state index in [1.165, 1.54) is 18.9 Å². The molecular weight excluding hydrogens is 338 g/mol. The normalized spacial score (nSPS) is 17.6.